The smallest absolute Gasteiger partial charge is 0.261 e. The number of halogens is 2. The van der Waals surface area contributed by atoms with E-state index < -0.39 is 0 Å². The molecular weight excluding hydrogens is 519 g/mol. The topological polar surface area (TPSA) is 77.6 Å². The summed E-state index contributed by atoms with van der Waals surface area (Å²) in [4.78, 5) is 18.1. The molecule has 4 saturated carbocycles. The second-order valence-corrected chi connectivity index (χ2v) is 12.2. The molecule has 0 spiro atoms. The molecule has 1 N–H and O–H groups in total. The van der Waals surface area contributed by atoms with Crippen molar-refractivity contribution in [1.29, 1.82) is 0 Å². The van der Waals surface area contributed by atoms with Gasteiger partial charge in [0, 0.05) is 11.6 Å². The van der Waals surface area contributed by atoms with Crippen LogP contribution in [0.25, 0.3) is 5.69 Å². The molecule has 0 atom stereocenters. The van der Waals surface area contributed by atoms with Crippen LogP contribution < -0.4 is 5.32 Å². The number of carbonyl (C=O) groups excluding carboxylic acids is 1. The Bertz CT molecular complexity index is 1480. The fourth-order valence-corrected chi connectivity index (χ4v) is 7.79. The molecule has 4 bridgehead atoms. The van der Waals surface area contributed by atoms with Crippen molar-refractivity contribution in [3.63, 3.8) is 0 Å². The van der Waals surface area contributed by atoms with Crippen molar-refractivity contribution in [3.05, 3.63) is 87.9 Å². The summed E-state index contributed by atoms with van der Waals surface area (Å²) in [6, 6.07) is 15.5. The molecular formula is C29H28Cl2N6O. The van der Waals surface area contributed by atoms with Gasteiger partial charge in [-0.2, -0.15) is 5.10 Å². The summed E-state index contributed by atoms with van der Waals surface area (Å²) in [5.41, 5.74) is 3.42. The van der Waals surface area contributed by atoms with Crippen LogP contribution in [0.4, 0.5) is 5.95 Å². The van der Waals surface area contributed by atoms with Gasteiger partial charge in [0.1, 0.15) is 6.33 Å². The highest BCUT2D eigenvalue weighted by Gasteiger charge is 2.54. The van der Waals surface area contributed by atoms with Crippen LogP contribution in [0.1, 0.15) is 60.1 Å². The number of hydrogen-bond donors (Lipinski definition) is 1. The second kappa shape index (κ2) is 9.24. The first-order valence-electron chi connectivity index (χ1n) is 13.2. The maximum atomic E-state index is 13.7. The van der Waals surface area contributed by atoms with Crippen molar-refractivity contribution in [2.75, 3.05) is 5.32 Å². The Morgan fingerprint density at radius 1 is 0.947 bits per heavy atom. The summed E-state index contributed by atoms with van der Waals surface area (Å²) in [6.45, 7) is 0.463. The molecule has 2 aromatic heterocycles. The van der Waals surface area contributed by atoms with E-state index in [2.05, 4.69) is 15.4 Å². The zero-order chi connectivity index (χ0) is 25.9. The number of para-hydroxylation sites is 1. The van der Waals surface area contributed by atoms with Crippen LogP contribution in [0.2, 0.25) is 10.0 Å². The Balaban J connectivity index is 1.18. The molecule has 4 fully saturated rings. The van der Waals surface area contributed by atoms with Crippen molar-refractivity contribution in [2.24, 2.45) is 17.8 Å². The summed E-state index contributed by atoms with van der Waals surface area (Å²) >= 11 is 12.2. The van der Waals surface area contributed by atoms with Gasteiger partial charge in [-0.05, 0) is 86.1 Å². The second-order valence-electron chi connectivity index (χ2n) is 11.3. The van der Waals surface area contributed by atoms with Crippen LogP contribution in [0.15, 0.2) is 61.1 Å². The Hall–Kier alpha value is -3.16. The van der Waals surface area contributed by atoms with Crippen LogP contribution in [-0.4, -0.2) is 30.5 Å². The van der Waals surface area contributed by atoms with E-state index in [1.807, 2.05) is 47.3 Å². The number of rotatable bonds is 6. The van der Waals surface area contributed by atoms with Gasteiger partial charge in [0.15, 0.2) is 0 Å². The number of nitrogens with zero attached hydrogens (tertiary/aromatic N) is 5. The van der Waals surface area contributed by atoms with E-state index in [0.29, 0.717) is 22.2 Å². The van der Waals surface area contributed by atoms with Crippen LogP contribution >= 0.6 is 23.2 Å². The standard InChI is InChI=1S/C29H28Cl2N6O/c30-24-7-6-18(11-25(24)31)15-36-17-32-28(35-36)33-27(38)23-16-37(22-4-2-1-3-5-22)34-26(23)29-12-19-8-20(13-29)10-21(9-19)14-29/h1-7,11,16-17,19-21H,8-10,12-15H2,(H,33,35,38). The monoisotopic (exact) mass is 546 g/mol. The first-order valence-corrected chi connectivity index (χ1v) is 14.0. The molecule has 4 aliphatic carbocycles. The van der Waals surface area contributed by atoms with Crippen molar-refractivity contribution in [1.82, 2.24) is 24.5 Å². The third kappa shape index (κ3) is 4.31. The highest BCUT2D eigenvalue weighted by molar-refractivity contribution is 6.42. The Labute approximate surface area is 231 Å². The number of benzene rings is 2. The van der Waals surface area contributed by atoms with E-state index in [0.717, 1.165) is 54.0 Å². The van der Waals surface area contributed by atoms with Gasteiger partial charge >= 0.3 is 0 Å². The fraction of sp³-hybridized carbons (Fsp3) is 0.379. The third-order valence-electron chi connectivity index (χ3n) is 8.61. The van der Waals surface area contributed by atoms with Gasteiger partial charge < -0.3 is 0 Å². The molecule has 2 aromatic carbocycles. The lowest BCUT2D eigenvalue weighted by Crippen LogP contribution is -2.49. The number of anilines is 1. The summed E-state index contributed by atoms with van der Waals surface area (Å²) < 4.78 is 3.53. The van der Waals surface area contributed by atoms with E-state index >= 15 is 0 Å². The lowest BCUT2D eigenvalue weighted by atomic mass is 9.48. The molecule has 4 aliphatic rings. The van der Waals surface area contributed by atoms with Crippen LogP contribution in [0.3, 0.4) is 0 Å². The van der Waals surface area contributed by atoms with E-state index in [1.165, 1.54) is 19.3 Å². The molecule has 0 unspecified atom stereocenters. The predicted octanol–water partition coefficient (Wildman–Crippen LogP) is 6.54. The van der Waals surface area contributed by atoms with E-state index in [-0.39, 0.29) is 17.3 Å². The Kier molecular flexibility index (Phi) is 5.82. The van der Waals surface area contributed by atoms with Gasteiger partial charge in [-0.25, -0.2) is 14.3 Å². The zero-order valence-corrected chi connectivity index (χ0v) is 22.4. The number of amides is 1. The van der Waals surface area contributed by atoms with Crippen LogP contribution in [0.5, 0.6) is 0 Å². The molecule has 0 radical (unpaired) electrons. The van der Waals surface area contributed by atoms with Crippen molar-refractivity contribution >= 4 is 35.1 Å². The van der Waals surface area contributed by atoms with Gasteiger partial charge in [0.25, 0.3) is 5.91 Å². The summed E-state index contributed by atoms with van der Waals surface area (Å²) in [6.07, 6.45) is 10.9. The average molecular weight is 547 g/mol. The molecule has 4 aromatic rings. The van der Waals surface area contributed by atoms with Crippen LogP contribution in [0, 0.1) is 17.8 Å². The number of hydrogen-bond acceptors (Lipinski definition) is 4. The molecule has 8 rings (SSSR count). The maximum Gasteiger partial charge on any atom is 0.261 e. The molecule has 0 saturated heterocycles. The normalized spacial score (nSPS) is 25.6. The molecule has 1 amide bonds. The average Bonchev–Trinajstić information content (AvgIpc) is 3.54. The largest absolute Gasteiger partial charge is 0.289 e. The lowest BCUT2D eigenvalue weighted by molar-refractivity contribution is -0.00765. The number of nitrogens with one attached hydrogen (secondary N) is 1. The lowest BCUT2D eigenvalue weighted by Gasteiger charge is -2.56. The molecule has 194 valence electrons. The van der Waals surface area contributed by atoms with Gasteiger partial charge in [-0.3, -0.25) is 10.1 Å². The van der Waals surface area contributed by atoms with Crippen molar-refractivity contribution in [2.45, 2.75) is 50.5 Å². The minimum atomic E-state index is -0.217. The molecule has 38 heavy (non-hydrogen) atoms. The van der Waals surface area contributed by atoms with E-state index in [1.54, 1.807) is 23.1 Å². The summed E-state index contributed by atoms with van der Waals surface area (Å²) in [5.74, 6) is 2.29. The van der Waals surface area contributed by atoms with Gasteiger partial charge in [0.05, 0.1) is 33.5 Å². The van der Waals surface area contributed by atoms with Gasteiger partial charge in [-0.1, -0.05) is 47.5 Å². The maximum absolute atomic E-state index is 13.7. The van der Waals surface area contributed by atoms with Crippen molar-refractivity contribution < 1.29 is 4.79 Å². The zero-order valence-electron chi connectivity index (χ0n) is 20.9. The number of aromatic nitrogens is 5. The minimum absolute atomic E-state index is 0.0257. The van der Waals surface area contributed by atoms with Crippen molar-refractivity contribution in [3.8, 4) is 5.69 Å². The van der Waals surface area contributed by atoms with E-state index in [9.17, 15) is 4.79 Å². The van der Waals surface area contributed by atoms with Gasteiger partial charge in [-0.15, -0.1) is 5.10 Å². The minimum Gasteiger partial charge on any atom is -0.289 e. The Morgan fingerprint density at radius 3 is 2.34 bits per heavy atom. The quantitative estimate of drug-likeness (QED) is 0.298. The van der Waals surface area contributed by atoms with Gasteiger partial charge in [0.2, 0.25) is 5.95 Å². The molecule has 9 heteroatoms. The van der Waals surface area contributed by atoms with E-state index in [4.69, 9.17) is 28.3 Å². The number of carbonyl (C=O) groups is 1. The summed E-state index contributed by atoms with van der Waals surface area (Å²) in [5, 5.41) is 13.5. The molecule has 2 heterocycles. The fourth-order valence-electron chi connectivity index (χ4n) is 7.47. The first kappa shape index (κ1) is 23.9. The third-order valence-corrected chi connectivity index (χ3v) is 9.35. The molecule has 0 aliphatic heterocycles. The predicted molar refractivity (Wildman–Crippen MR) is 147 cm³/mol. The highest BCUT2D eigenvalue weighted by atomic mass is 35.5. The SMILES string of the molecule is O=C(Nc1ncn(Cc2ccc(Cl)c(Cl)c2)n1)c1cn(-c2ccccc2)nc1C12CC3CC(CC(C3)C1)C2. The first-order chi connectivity index (χ1) is 18.4. The molecule has 7 nitrogen and oxygen atoms in total. The summed E-state index contributed by atoms with van der Waals surface area (Å²) in [7, 11) is 0. The highest BCUT2D eigenvalue weighted by Crippen LogP contribution is 2.60. The Morgan fingerprint density at radius 2 is 1.66 bits per heavy atom. The van der Waals surface area contributed by atoms with Crippen LogP contribution in [-0.2, 0) is 12.0 Å².